The molecule has 2 heterocycles. The van der Waals surface area contributed by atoms with Crippen molar-refractivity contribution in [1.82, 2.24) is 4.98 Å². The smallest absolute Gasteiger partial charge is 0.0586 e. The molecule has 0 aliphatic carbocycles. The van der Waals surface area contributed by atoms with E-state index in [1.807, 2.05) is 19.2 Å². The van der Waals surface area contributed by atoms with Gasteiger partial charge in [-0.3, -0.25) is 4.98 Å². The summed E-state index contributed by atoms with van der Waals surface area (Å²) in [6, 6.07) is 4.29. The molecular formula is C11H16N2O. The second kappa shape index (κ2) is 3.67. The number of aromatic nitrogens is 1. The minimum atomic E-state index is 0.127. The normalized spacial score (nSPS) is 21.3. The Kier molecular flexibility index (Phi) is 2.52. The first-order chi connectivity index (χ1) is 6.73. The van der Waals surface area contributed by atoms with Gasteiger partial charge in [0, 0.05) is 23.9 Å². The van der Waals surface area contributed by atoms with Crippen LogP contribution in [-0.4, -0.2) is 24.2 Å². The van der Waals surface area contributed by atoms with Crippen LogP contribution in [0.2, 0.25) is 0 Å². The lowest BCUT2D eigenvalue weighted by molar-refractivity contribution is -0.0666. The SMILES string of the molecule is CC(N)CC1(c2cccnc2)COC1. The van der Waals surface area contributed by atoms with Gasteiger partial charge in [-0.25, -0.2) is 0 Å². The van der Waals surface area contributed by atoms with Crippen LogP contribution in [-0.2, 0) is 10.2 Å². The van der Waals surface area contributed by atoms with Gasteiger partial charge in [-0.2, -0.15) is 0 Å². The highest BCUT2D eigenvalue weighted by molar-refractivity contribution is 5.25. The van der Waals surface area contributed by atoms with Gasteiger partial charge in [-0.05, 0) is 25.0 Å². The lowest BCUT2D eigenvalue weighted by Gasteiger charge is -2.42. The highest BCUT2D eigenvalue weighted by Crippen LogP contribution is 2.35. The topological polar surface area (TPSA) is 48.1 Å². The first-order valence-electron chi connectivity index (χ1n) is 4.97. The van der Waals surface area contributed by atoms with Gasteiger partial charge in [0.1, 0.15) is 0 Å². The molecule has 0 aromatic carbocycles. The highest BCUT2D eigenvalue weighted by Gasteiger charge is 2.40. The molecule has 14 heavy (non-hydrogen) atoms. The van der Waals surface area contributed by atoms with Crippen LogP contribution >= 0.6 is 0 Å². The number of pyridine rings is 1. The summed E-state index contributed by atoms with van der Waals surface area (Å²) in [6.07, 6.45) is 4.69. The molecular weight excluding hydrogens is 176 g/mol. The summed E-state index contributed by atoms with van der Waals surface area (Å²) in [5.74, 6) is 0. The second-order valence-corrected chi connectivity index (χ2v) is 4.20. The van der Waals surface area contributed by atoms with Crippen LogP contribution in [0.5, 0.6) is 0 Å². The van der Waals surface area contributed by atoms with Crippen LogP contribution in [0.3, 0.4) is 0 Å². The molecule has 1 aromatic rings. The van der Waals surface area contributed by atoms with E-state index in [0.717, 1.165) is 19.6 Å². The van der Waals surface area contributed by atoms with Crippen molar-refractivity contribution in [2.75, 3.05) is 13.2 Å². The summed E-state index contributed by atoms with van der Waals surface area (Å²) in [5.41, 5.74) is 7.23. The monoisotopic (exact) mass is 192 g/mol. The minimum Gasteiger partial charge on any atom is -0.379 e. The van der Waals surface area contributed by atoms with Crippen molar-refractivity contribution < 1.29 is 4.74 Å². The maximum Gasteiger partial charge on any atom is 0.0586 e. The Bertz CT molecular complexity index is 293. The van der Waals surface area contributed by atoms with Crippen LogP contribution < -0.4 is 5.73 Å². The van der Waals surface area contributed by atoms with E-state index in [1.165, 1.54) is 5.56 Å². The van der Waals surface area contributed by atoms with Gasteiger partial charge in [0.05, 0.1) is 13.2 Å². The Balaban J connectivity index is 2.20. The van der Waals surface area contributed by atoms with Crippen LogP contribution in [0.1, 0.15) is 18.9 Å². The van der Waals surface area contributed by atoms with E-state index in [9.17, 15) is 0 Å². The van der Waals surface area contributed by atoms with E-state index in [1.54, 1.807) is 6.20 Å². The number of hydrogen-bond acceptors (Lipinski definition) is 3. The van der Waals surface area contributed by atoms with Gasteiger partial charge in [-0.15, -0.1) is 0 Å². The van der Waals surface area contributed by atoms with Crippen LogP contribution in [0.25, 0.3) is 0 Å². The molecule has 2 rings (SSSR count). The molecule has 1 unspecified atom stereocenters. The molecule has 1 fully saturated rings. The van der Waals surface area contributed by atoms with E-state index in [4.69, 9.17) is 10.5 Å². The summed E-state index contributed by atoms with van der Waals surface area (Å²) in [7, 11) is 0. The van der Waals surface area contributed by atoms with Gasteiger partial charge in [0.15, 0.2) is 0 Å². The minimum absolute atomic E-state index is 0.127. The Labute approximate surface area is 84.3 Å². The summed E-state index contributed by atoms with van der Waals surface area (Å²) >= 11 is 0. The predicted molar refractivity (Wildman–Crippen MR) is 55.0 cm³/mol. The maximum atomic E-state index is 5.85. The number of ether oxygens (including phenoxy) is 1. The molecule has 0 radical (unpaired) electrons. The molecule has 3 heteroatoms. The largest absolute Gasteiger partial charge is 0.379 e. The van der Waals surface area contributed by atoms with Crippen molar-refractivity contribution in [2.24, 2.45) is 5.73 Å². The van der Waals surface area contributed by atoms with Gasteiger partial charge in [-0.1, -0.05) is 6.07 Å². The quantitative estimate of drug-likeness (QED) is 0.779. The first kappa shape index (κ1) is 9.62. The Morgan fingerprint density at radius 3 is 2.86 bits per heavy atom. The lowest BCUT2D eigenvalue weighted by Crippen LogP contribution is -2.49. The van der Waals surface area contributed by atoms with E-state index in [-0.39, 0.29) is 11.5 Å². The van der Waals surface area contributed by atoms with Crippen LogP contribution in [0, 0.1) is 0 Å². The van der Waals surface area contributed by atoms with E-state index in [2.05, 4.69) is 11.1 Å². The molecule has 0 amide bonds. The molecule has 1 atom stereocenters. The zero-order valence-corrected chi connectivity index (χ0v) is 8.44. The third kappa shape index (κ3) is 1.65. The van der Waals surface area contributed by atoms with E-state index >= 15 is 0 Å². The Morgan fingerprint density at radius 1 is 1.64 bits per heavy atom. The van der Waals surface area contributed by atoms with E-state index in [0.29, 0.717) is 0 Å². The van der Waals surface area contributed by atoms with Crippen molar-refractivity contribution in [3.63, 3.8) is 0 Å². The second-order valence-electron chi connectivity index (χ2n) is 4.20. The molecule has 1 aliphatic rings. The average molecular weight is 192 g/mol. The van der Waals surface area contributed by atoms with E-state index < -0.39 is 0 Å². The van der Waals surface area contributed by atoms with Crippen molar-refractivity contribution in [3.05, 3.63) is 30.1 Å². The summed E-state index contributed by atoms with van der Waals surface area (Å²) in [5, 5.41) is 0. The van der Waals surface area contributed by atoms with Crippen LogP contribution in [0.4, 0.5) is 0 Å². The first-order valence-corrected chi connectivity index (χ1v) is 4.97. The molecule has 1 saturated heterocycles. The van der Waals surface area contributed by atoms with Crippen molar-refractivity contribution >= 4 is 0 Å². The number of nitrogens with two attached hydrogens (primary N) is 1. The lowest BCUT2D eigenvalue weighted by atomic mass is 9.75. The molecule has 76 valence electrons. The van der Waals surface area contributed by atoms with Crippen molar-refractivity contribution in [1.29, 1.82) is 0 Å². The fourth-order valence-electron chi connectivity index (χ4n) is 2.04. The molecule has 0 saturated carbocycles. The van der Waals surface area contributed by atoms with Gasteiger partial charge >= 0.3 is 0 Å². The summed E-state index contributed by atoms with van der Waals surface area (Å²) in [6.45, 7) is 3.59. The van der Waals surface area contributed by atoms with Gasteiger partial charge in [0.25, 0.3) is 0 Å². The fourth-order valence-corrected chi connectivity index (χ4v) is 2.04. The molecule has 3 nitrogen and oxygen atoms in total. The molecule has 2 N–H and O–H groups in total. The zero-order valence-electron chi connectivity index (χ0n) is 8.44. The van der Waals surface area contributed by atoms with Crippen molar-refractivity contribution in [2.45, 2.75) is 24.8 Å². The molecule has 0 spiro atoms. The molecule has 1 aliphatic heterocycles. The third-order valence-electron chi connectivity index (χ3n) is 2.74. The Hall–Kier alpha value is -0.930. The highest BCUT2D eigenvalue weighted by atomic mass is 16.5. The van der Waals surface area contributed by atoms with Gasteiger partial charge in [0.2, 0.25) is 0 Å². The Morgan fingerprint density at radius 2 is 2.43 bits per heavy atom. The third-order valence-corrected chi connectivity index (χ3v) is 2.74. The summed E-state index contributed by atoms with van der Waals surface area (Å²) in [4.78, 5) is 4.14. The number of rotatable bonds is 3. The van der Waals surface area contributed by atoms with Crippen LogP contribution in [0.15, 0.2) is 24.5 Å². The molecule has 0 bridgehead atoms. The standard InChI is InChI=1S/C11H16N2O/c1-9(12)5-11(7-14-8-11)10-3-2-4-13-6-10/h2-4,6,9H,5,7-8,12H2,1H3. The predicted octanol–water partition coefficient (Wildman–Crippen LogP) is 1.09. The number of hydrogen-bond donors (Lipinski definition) is 1. The zero-order chi connectivity index (χ0) is 10.0. The molecule has 1 aromatic heterocycles. The maximum absolute atomic E-state index is 5.85. The van der Waals surface area contributed by atoms with Crippen molar-refractivity contribution in [3.8, 4) is 0 Å². The number of nitrogens with zero attached hydrogens (tertiary/aromatic N) is 1. The summed E-state index contributed by atoms with van der Waals surface area (Å²) < 4.78 is 5.31. The average Bonchev–Trinajstić information content (AvgIpc) is 2.12. The fraction of sp³-hybridized carbons (Fsp3) is 0.545. The van der Waals surface area contributed by atoms with Gasteiger partial charge < -0.3 is 10.5 Å².